The lowest BCUT2D eigenvalue weighted by Gasteiger charge is -2.42. The molecule has 2 saturated heterocycles. The zero-order chi connectivity index (χ0) is 14.0. The zero-order valence-electron chi connectivity index (χ0n) is 12.1. The summed E-state index contributed by atoms with van der Waals surface area (Å²) in [5.41, 5.74) is 5.76. The molecule has 0 aromatic rings. The highest BCUT2D eigenvalue weighted by Crippen LogP contribution is 2.29. The van der Waals surface area contributed by atoms with E-state index in [0.717, 1.165) is 32.1 Å². The van der Waals surface area contributed by atoms with Crippen molar-refractivity contribution in [3.63, 3.8) is 0 Å². The van der Waals surface area contributed by atoms with Gasteiger partial charge in [0.2, 0.25) is 0 Å². The summed E-state index contributed by atoms with van der Waals surface area (Å²) in [6, 6.07) is 0.102. The number of nitrogens with zero attached hydrogens (tertiary/aromatic N) is 2. The lowest BCUT2D eigenvalue weighted by molar-refractivity contribution is 0.181. The molecular weight excluding hydrogens is 262 g/mol. The lowest BCUT2D eigenvalue weighted by Crippen LogP contribution is -2.56. The van der Waals surface area contributed by atoms with Crippen molar-refractivity contribution in [3.8, 4) is 0 Å². The van der Waals surface area contributed by atoms with Gasteiger partial charge in [0.25, 0.3) is 10.2 Å². The fraction of sp³-hybridized carbons (Fsp3) is 1.00. The molecule has 6 heteroatoms. The van der Waals surface area contributed by atoms with Crippen molar-refractivity contribution in [2.24, 2.45) is 11.7 Å². The summed E-state index contributed by atoms with van der Waals surface area (Å²) < 4.78 is 29.1. The Hall–Kier alpha value is -0.170. The molecule has 19 heavy (non-hydrogen) atoms. The fourth-order valence-corrected chi connectivity index (χ4v) is 5.42. The molecule has 2 rings (SSSR count). The lowest BCUT2D eigenvalue weighted by atomic mass is 9.97. The zero-order valence-corrected chi connectivity index (χ0v) is 12.9. The van der Waals surface area contributed by atoms with Crippen LogP contribution in [0.15, 0.2) is 0 Å². The minimum Gasteiger partial charge on any atom is -0.329 e. The number of nitrogens with two attached hydrogens (primary N) is 1. The second kappa shape index (κ2) is 6.08. The number of piperidine rings is 2. The first-order valence-corrected chi connectivity index (χ1v) is 8.85. The highest BCUT2D eigenvalue weighted by molar-refractivity contribution is 7.86. The summed E-state index contributed by atoms with van der Waals surface area (Å²) in [6.07, 6.45) is 5.01. The van der Waals surface area contributed by atoms with E-state index in [9.17, 15) is 8.42 Å². The minimum atomic E-state index is -3.34. The second-order valence-electron chi connectivity index (χ2n) is 6.11. The van der Waals surface area contributed by atoms with Gasteiger partial charge in [-0.2, -0.15) is 17.0 Å². The number of rotatable bonds is 3. The van der Waals surface area contributed by atoms with Crippen LogP contribution in [0, 0.1) is 5.92 Å². The molecular formula is C13H27N3O2S. The molecule has 2 aliphatic rings. The molecule has 3 unspecified atom stereocenters. The van der Waals surface area contributed by atoms with Crippen LogP contribution in [0.25, 0.3) is 0 Å². The molecule has 2 heterocycles. The van der Waals surface area contributed by atoms with E-state index in [1.807, 2.05) is 6.92 Å². The van der Waals surface area contributed by atoms with Crippen LogP contribution in [-0.4, -0.2) is 48.7 Å². The summed E-state index contributed by atoms with van der Waals surface area (Å²) in [7, 11) is -3.34. The van der Waals surface area contributed by atoms with E-state index in [1.54, 1.807) is 8.61 Å². The van der Waals surface area contributed by atoms with Crippen molar-refractivity contribution < 1.29 is 8.42 Å². The molecule has 0 spiro atoms. The van der Waals surface area contributed by atoms with Gasteiger partial charge in [0.05, 0.1) is 0 Å². The molecule has 0 bridgehead atoms. The number of hydrogen-bond acceptors (Lipinski definition) is 3. The van der Waals surface area contributed by atoms with Crippen LogP contribution in [-0.2, 0) is 10.2 Å². The van der Waals surface area contributed by atoms with Crippen LogP contribution < -0.4 is 5.73 Å². The largest absolute Gasteiger partial charge is 0.329 e. The van der Waals surface area contributed by atoms with Gasteiger partial charge in [-0.25, -0.2) is 0 Å². The van der Waals surface area contributed by atoms with Crippen LogP contribution in [0.4, 0.5) is 0 Å². The topological polar surface area (TPSA) is 66.6 Å². The van der Waals surface area contributed by atoms with E-state index in [0.29, 0.717) is 25.6 Å². The highest BCUT2D eigenvalue weighted by atomic mass is 32.2. The molecule has 5 nitrogen and oxygen atoms in total. The summed E-state index contributed by atoms with van der Waals surface area (Å²) in [5.74, 6) is 0.451. The predicted octanol–water partition coefficient (Wildman–Crippen LogP) is 1.16. The molecule has 0 aromatic heterocycles. The maximum atomic E-state index is 12.9. The molecule has 2 aliphatic heterocycles. The van der Waals surface area contributed by atoms with Gasteiger partial charge in [-0.3, -0.25) is 0 Å². The average Bonchev–Trinajstić information content (AvgIpc) is 2.41. The first kappa shape index (κ1) is 15.2. The smallest absolute Gasteiger partial charge is 0.282 e. The van der Waals surface area contributed by atoms with Gasteiger partial charge in [-0.15, -0.1) is 0 Å². The summed E-state index contributed by atoms with van der Waals surface area (Å²) in [6.45, 7) is 5.85. The van der Waals surface area contributed by atoms with Crippen LogP contribution in [0.5, 0.6) is 0 Å². The number of hydrogen-bond donors (Lipinski definition) is 1. The first-order chi connectivity index (χ1) is 8.96. The predicted molar refractivity (Wildman–Crippen MR) is 76.9 cm³/mol. The average molecular weight is 289 g/mol. The Bertz CT molecular complexity index is 391. The standard InChI is InChI=1S/C13H27N3O2S/c1-11-6-7-12(2)16(10-11)19(17,18)15-8-4-3-5-13(15)9-14/h11-13H,3-10,14H2,1-2H3. The van der Waals surface area contributed by atoms with Gasteiger partial charge < -0.3 is 5.73 Å². The van der Waals surface area contributed by atoms with Crippen LogP contribution in [0.3, 0.4) is 0 Å². The van der Waals surface area contributed by atoms with Gasteiger partial charge in [0.1, 0.15) is 0 Å². The maximum absolute atomic E-state index is 12.9. The molecule has 2 N–H and O–H groups in total. The van der Waals surface area contributed by atoms with Crippen LogP contribution >= 0.6 is 0 Å². The molecule has 112 valence electrons. The van der Waals surface area contributed by atoms with Crippen molar-refractivity contribution in [1.29, 1.82) is 0 Å². The van der Waals surface area contributed by atoms with Gasteiger partial charge in [0, 0.05) is 31.7 Å². The molecule has 0 aliphatic carbocycles. The Morgan fingerprint density at radius 2 is 1.84 bits per heavy atom. The summed E-state index contributed by atoms with van der Waals surface area (Å²) >= 11 is 0. The Kier molecular flexibility index (Phi) is 4.87. The van der Waals surface area contributed by atoms with Gasteiger partial charge in [0.15, 0.2) is 0 Å². The first-order valence-electron chi connectivity index (χ1n) is 7.45. The second-order valence-corrected chi connectivity index (χ2v) is 7.94. The van der Waals surface area contributed by atoms with Gasteiger partial charge >= 0.3 is 0 Å². The molecule has 0 saturated carbocycles. The summed E-state index contributed by atoms with van der Waals surface area (Å²) in [4.78, 5) is 0. The molecule has 2 fully saturated rings. The quantitative estimate of drug-likeness (QED) is 0.848. The Labute approximate surface area is 117 Å². The van der Waals surface area contributed by atoms with Crippen molar-refractivity contribution in [1.82, 2.24) is 8.61 Å². The normalized spacial score (nSPS) is 35.4. The molecule has 3 atom stereocenters. The van der Waals surface area contributed by atoms with Gasteiger partial charge in [-0.05, 0) is 38.5 Å². The Balaban J connectivity index is 2.19. The monoisotopic (exact) mass is 289 g/mol. The summed E-state index contributed by atoms with van der Waals surface area (Å²) in [5, 5.41) is 0. The van der Waals surface area contributed by atoms with E-state index in [4.69, 9.17) is 5.73 Å². The third-order valence-electron chi connectivity index (χ3n) is 4.50. The van der Waals surface area contributed by atoms with Crippen LogP contribution in [0.1, 0.15) is 46.0 Å². The van der Waals surface area contributed by atoms with Crippen molar-refractivity contribution in [3.05, 3.63) is 0 Å². The fourth-order valence-electron chi connectivity index (χ4n) is 3.22. The van der Waals surface area contributed by atoms with Crippen molar-refractivity contribution in [2.75, 3.05) is 19.6 Å². The van der Waals surface area contributed by atoms with Gasteiger partial charge in [-0.1, -0.05) is 13.3 Å². The Morgan fingerprint density at radius 1 is 1.11 bits per heavy atom. The maximum Gasteiger partial charge on any atom is 0.282 e. The third kappa shape index (κ3) is 3.12. The van der Waals surface area contributed by atoms with Crippen LogP contribution in [0.2, 0.25) is 0 Å². The Morgan fingerprint density at radius 3 is 2.53 bits per heavy atom. The SMILES string of the molecule is CC1CCC(C)N(S(=O)(=O)N2CCCCC2CN)C1. The van der Waals surface area contributed by atoms with E-state index in [-0.39, 0.29) is 12.1 Å². The van der Waals surface area contributed by atoms with E-state index < -0.39 is 10.2 Å². The highest BCUT2D eigenvalue weighted by Gasteiger charge is 2.39. The minimum absolute atomic E-state index is 0.0109. The van der Waals surface area contributed by atoms with E-state index >= 15 is 0 Å². The molecule has 0 radical (unpaired) electrons. The molecule has 0 amide bonds. The van der Waals surface area contributed by atoms with E-state index in [1.165, 1.54) is 0 Å². The van der Waals surface area contributed by atoms with Crippen molar-refractivity contribution in [2.45, 2.75) is 58.0 Å². The third-order valence-corrected chi connectivity index (χ3v) is 6.67. The molecule has 0 aromatic carbocycles. The van der Waals surface area contributed by atoms with E-state index in [2.05, 4.69) is 6.92 Å². The van der Waals surface area contributed by atoms with Crippen molar-refractivity contribution >= 4 is 10.2 Å².